The monoisotopic (exact) mass is 321 g/mol. The fourth-order valence-electron chi connectivity index (χ4n) is 1.73. The second-order valence-corrected chi connectivity index (χ2v) is 6.50. The van der Waals surface area contributed by atoms with E-state index in [1.54, 1.807) is 11.4 Å². The Morgan fingerprint density at radius 1 is 1.33 bits per heavy atom. The van der Waals surface area contributed by atoms with Crippen molar-refractivity contribution < 1.29 is 14.7 Å². The van der Waals surface area contributed by atoms with Crippen LogP contribution in [0.25, 0.3) is 0 Å². The van der Waals surface area contributed by atoms with Crippen molar-refractivity contribution in [1.82, 2.24) is 0 Å². The Morgan fingerprint density at radius 2 is 2.10 bits per heavy atom. The van der Waals surface area contributed by atoms with E-state index in [-0.39, 0.29) is 16.5 Å². The Labute approximate surface area is 131 Å². The molecule has 0 saturated heterocycles. The Balaban J connectivity index is 1.92. The van der Waals surface area contributed by atoms with Crippen molar-refractivity contribution in [1.29, 1.82) is 0 Å². The van der Waals surface area contributed by atoms with Crippen LogP contribution in [0.2, 0.25) is 0 Å². The summed E-state index contributed by atoms with van der Waals surface area (Å²) < 4.78 is 0. The molecule has 0 aliphatic heterocycles. The van der Waals surface area contributed by atoms with Crippen molar-refractivity contribution in [3.63, 3.8) is 0 Å². The Morgan fingerprint density at radius 3 is 2.76 bits per heavy atom. The second-order valence-electron chi connectivity index (χ2n) is 4.54. The maximum Gasteiger partial charge on any atom is 0.345 e. The number of aryl methyl sites for hydroxylation is 1. The maximum absolute atomic E-state index is 11.9. The standard InChI is InChI=1S/C15H15NO3S2/c1-9-4-3-5-12(10(9)2)16-14(17)8-20-11-6-13(15(18)19)21-7-11/h3-7H,8H2,1-2H3,(H,16,17)(H,18,19). The summed E-state index contributed by atoms with van der Waals surface area (Å²) in [4.78, 5) is 23.8. The molecule has 1 aromatic heterocycles. The molecule has 0 saturated carbocycles. The van der Waals surface area contributed by atoms with E-state index in [4.69, 9.17) is 5.11 Å². The van der Waals surface area contributed by atoms with Crippen molar-refractivity contribution in [3.05, 3.63) is 45.6 Å². The molecular weight excluding hydrogens is 306 g/mol. The van der Waals surface area contributed by atoms with Gasteiger partial charge in [-0.15, -0.1) is 23.1 Å². The van der Waals surface area contributed by atoms with Gasteiger partial charge in [0.25, 0.3) is 0 Å². The molecule has 1 amide bonds. The van der Waals surface area contributed by atoms with E-state index < -0.39 is 5.97 Å². The number of thiophene rings is 1. The summed E-state index contributed by atoms with van der Waals surface area (Å²) >= 11 is 2.50. The molecule has 6 heteroatoms. The Kier molecular flexibility index (Phi) is 5.03. The van der Waals surface area contributed by atoms with Gasteiger partial charge >= 0.3 is 5.97 Å². The van der Waals surface area contributed by atoms with E-state index in [1.807, 2.05) is 32.0 Å². The minimum Gasteiger partial charge on any atom is -0.477 e. The number of nitrogens with one attached hydrogen (secondary N) is 1. The predicted octanol–water partition coefficient (Wildman–Crippen LogP) is 3.79. The van der Waals surface area contributed by atoms with E-state index in [2.05, 4.69) is 5.32 Å². The van der Waals surface area contributed by atoms with Gasteiger partial charge in [-0.2, -0.15) is 0 Å². The number of hydrogen-bond donors (Lipinski definition) is 2. The molecule has 0 unspecified atom stereocenters. The van der Waals surface area contributed by atoms with Gasteiger partial charge in [-0.3, -0.25) is 4.79 Å². The summed E-state index contributed by atoms with van der Waals surface area (Å²) in [6, 6.07) is 7.36. The summed E-state index contributed by atoms with van der Waals surface area (Å²) in [6.07, 6.45) is 0. The van der Waals surface area contributed by atoms with Gasteiger partial charge in [-0.05, 0) is 37.1 Å². The molecule has 2 aromatic rings. The van der Waals surface area contributed by atoms with Gasteiger partial charge in [0, 0.05) is 16.0 Å². The normalized spacial score (nSPS) is 10.4. The first-order valence-corrected chi connectivity index (χ1v) is 8.14. The highest BCUT2D eigenvalue weighted by Crippen LogP contribution is 2.25. The molecule has 4 nitrogen and oxygen atoms in total. The van der Waals surface area contributed by atoms with E-state index in [0.717, 1.165) is 21.7 Å². The number of rotatable bonds is 5. The summed E-state index contributed by atoms with van der Waals surface area (Å²) in [7, 11) is 0. The number of thioether (sulfide) groups is 1. The molecule has 0 aliphatic carbocycles. The molecule has 0 bridgehead atoms. The lowest BCUT2D eigenvalue weighted by atomic mass is 10.1. The van der Waals surface area contributed by atoms with Crippen molar-refractivity contribution >= 4 is 40.7 Å². The summed E-state index contributed by atoms with van der Waals surface area (Å²) in [6.45, 7) is 3.97. The highest BCUT2D eigenvalue weighted by Gasteiger charge is 2.10. The minimum atomic E-state index is -0.938. The van der Waals surface area contributed by atoms with Crippen molar-refractivity contribution in [3.8, 4) is 0 Å². The van der Waals surface area contributed by atoms with Gasteiger partial charge in [-0.25, -0.2) is 4.79 Å². The smallest absolute Gasteiger partial charge is 0.345 e. The fraction of sp³-hybridized carbons (Fsp3) is 0.200. The third-order valence-electron chi connectivity index (χ3n) is 3.03. The maximum atomic E-state index is 11.9. The minimum absolute atomic E-state index is 0.100. The molecular formula is C15H15NO3S2. The van der Waals surface area contributed by atoms with E-state index in [0.29, 0.717) is 0 Å². The molecule has 1 heterocycles. The van der Waals surface area contributed by atoms with Crippen LogP contribution in [0, 0.1) is 13.8 Å². The van der Waals surface area contributed by atoms with Crippen LogP contribution >= 0.6 is 23.1 Å². The number of carboxylic acid groups (broad SMARTS) is 1. The SMILES string of the molecule is Cc1cccc(NC(=O)CSc2csc(C(=O)O)c2)c1C. The topological polar surface area (TPSA) is 66.4 Å². The molecule has 110 valence electrons. The van der Waals surface area contributed by atoms with Gasteiger partial charge in [0.15, 0.2) is 0 Å². The number of carboxylic acids is 1. The third-order valence-corrected chi connectivity index (χ3v) is 5.08. The molecule has 0 fully saturated rings. The van der Waals surface area contributed by atoms with Crippen LogP contribution in [-0.2, 0) is 4.79 Å². The number of benzene rings is 1. The summed E-state index contributed by atoms with van der Waals surface area (Å²) in [5.41, 5.74) is 3.00. The molecule has 2 rings (SSSR count). The fourth-order valence-corrected chi connectivity index (χ4v) is 3.40. The quantitative estimate of drug-likeness (QED) is 0.822. The number of carbonyl (C=O) groups excluding carboxylic acids is 1. The van der Waals surface area contributed by atoms with Crippen LogP contribution in [-0.4, -0.2) is 22.7 Å². The number of hydrogen-bond acceptors (Lipinski definition) is 4. The first-order chi connectivity index (χ1) is 9.97. The van der Waals surface area contributed by atoms with Crippen LogP contribution in [0.1, 0.15) is 20.8 Å². The Hall–Kier alpha value is -1.79. The average molecular weight is 321 g/mol. The highest BCUT2D eigenvalue weighted by atomic mass is 32.2. The van der Waals surface area contributed by atoms with Gasteiger partial charge in [-0.1, -0.05) is 12.1 Å². The van der Waals surface area contributed by atoms with Crippen LogP contribution in [0.3, 0.4) is 0 Å². The van der Waals surface area contributed by atoms with Gasteiger partial charge < -0.3 is 10.4 Å². The zero-order valence-electron chi connectivity index (χ0n) is 11.7. The van der Waals surface area contributed by atoms with Crippen molar-refractivity contribution in [2.75, 3.05) is 11.1 Å². The van der Waals surface area contributed by atoms with Crippen molar-refractivity contribution in [2.45, 2.75) is 18.7 Å². The molecule has 1 aromatic carbocycles. The summed E-state index contributed by atoms with van der Waals surface area (Å²) in [5.74, 6) is -0.785. The number of aromatic carboxylic acids is 1. The van der Waals surface area contributed by atoms with Crippen LogP contribution < -0.4 is 5.32 Å². The lowest BCUT2D eigenvalue weighted by molar-refractivity contribution is -0.113. The average Bonchev–Trinajstić information content (AvgIpc) is 2.91. The predicted molar refractivity (Wildman–Crippen MR) is 86.5 cm³/mol. The van der Waals surface area contributed by atoms with Crippen molar-refractivity contribution in [2.24, 2.45) is 0 Å². The number of carbonyl (C=O) groups is 2. The molecule has 0 radical (unpaired) electrons. The number of anilines is 1. The van der Waals surface area contributed by atoms with E-state index in [9.17, 15) is 9.59 Å². The van der Waals surface area contributed by atoms with Gasteiger partial charge in [0.05, 0.1) is 5.75 Å². The number of amides is 1. The molecule has 0 aliphatic rings. The van der Waals surface area contributed by atoms with E-state index >= 15 is 0 Å². The summed E-state index contributed by atoms with van der Waals surface area (Å²) in [5, 5.41) is 13.5. The van der Waals surface area contributed by atoms with Crippen LogP contribution in [0.15, 0.2) is 34.5 Å². The lowest BCUT2D eigenvalue weighted by Crippen LogP contribution is -2.15. The molecule has 2 N–H and O–H groups in total. The van der Waals surface area contributed by atoms with Crippen LogP contribution in [0.5, 0.6) is 0 Å². The highest BCUT2D eigenvalue weighted by molar-refractivity contribution is 8.00. The molecule has 0 atom stereocenters. The first kappa shape index (κ1) is 15.6. The first-order valence-electron chi connectivity index (χ1n) is 6.28. The second kappa shape index (κ2) is 6.78. The lowest BCUT2D eigenvalue weighted by Gasteiger charge is -2.09. The molecule has 21 heavy (non-hydrogen) atoms. The van der Waals surface area contributed by atoms with Crippen LogP contribution in [0.4, 0.5) is 5.69 Å². The van der Waals surface area contributed by atoms with Gasteiger partial charge in [0.1, 0.15) is 4.88 Å². The zero-order valence-corrected chi connectivity index (χ0v) is 13.3. The largest absolute Gasteiger partial charge is 0.477 e. The Bertz CT molecular complexity index is 679. The third kappa shape index (κ3) is 4.09. The molecule has 0 spiro atoms. The van der Waals surface area contributed by atoms with E-state index in [1.165, 1.54) is 23.1 Å². The zero-order chi connectivity index (χ0) is 15.4. The van der Waals surface area contributed by atoms with Gasteiger partial charge in [0.2, 0.25) is 5.91 Å².